The van der Waals surface area contributed by atoms with Crippen molar-refractivity contribution in [3.8, 4) is 123 Å². The molecule has 0 aliphatic heterocycles. The minimum atomic E-state index is 0.818. The van der Waals surface area contributed by atoms with E-state index in [0.29, 0.717) is 0 Å². The first-order valence-corrected chi connectivity index (χ1v) is 30.8. The Bertz CT molecular complexity index is 4860. The molecule has 0 saturated heterocycles. The van der Waals surface area contributed by atoms with Gasteiger partial charge >= 0.3 is 0 Å². The molecule has 16 rings (SSSR count). The first-order chi connectivity index (χ1) is 42.6. The van der Waals surface area contributed by atoms with E-state index >= 15 is 0 Å². The standard InChI is InChI=1S/C82H52N2S2/c1-7-21-53(22-8-1)65-43-69(57-29-15-5-16-30-57)79-73(47-65)75-49-67(55-25-11-3-12-26-55)45-71(81(75)85-79)63-35-19-33-59(41-63)61-37-39-83-77(51-61)78-52-62(38-40-84-78)60-34-20-36-64(42-60)72-46-68(56-27-13-4-14-28-56)50-76-74-48-66(54-23-9-2-10-24-54)44-70(80(74)86-82(72)76)58-31-17-6-18-32-58/h1-52H. The summed E-state index contributed by atoms with van der Waals surface area (Å²) < 4.78 is 5.11. The van der Waals surface area contributed by atoms with Crippen molar-refractivity contribution in [2.24, 2.45) is 0 Å². The van der Waals surface area contributed by atoms with Gasteiger partial charge in [0, 0.05) is 75.0 Å². The Morgan fingerprint density at radius 2 is 0.419 bits per heavy atom. The van der Waals surface area contributed by atoms with Crippen molar-refractivity contribution in [1.29, 1.82) is 0 Å². The lowest BCUT2D eigenvalue weighted by Crippen LogP contribution is -1.90. The fourth-order valence-electron chi connectivity index (χ4n) is 12.5. The highest BCUT2D eigenvalue weighted by Crippen LogP contribution is 2.50. The van der Waals surface area contributed by atoms with Crippen molar-refractivity contribution in [2.45, 2.75) is 0 Å². The van der Waals surface area contributed by atoms with Crippen LogP contribution in [0.25, 0.3) is 163 Å². The van der Waals surface area contributed by atoms with Crippen LogP contribution in [0.2, 0.25) is 0 Å². The Morgan fingerprint density at radius 3 is 0.721 bits per heavy atom. The molecule has 16 aromatic rings. The van der Waals surface area contributed by atoms with Crippen LogP contribution in [-0.4, -0.2) is 9.97 Å². The molecule has 4 heterocycles. The number of hydrogen-bond donors (Lipinski definition) is 0. The second-order valence-corrected chi connectivity index (χ2v) is 24.1. The third kappa shape index (κ3) is 9.48. The summed E-state index contributed by atoms with van der Waals surface area (Å²) in [6.45, 7) is 0. The molecule has 0 amide bonds. The van der Waals surface area contributed by atoms with Gasteiger partial charge < -0.3 is 0 Å². The summed E-state index contributed by atoms with van der Waals surface area (Å²) in [6, 6.07) is 111. The molecule has 0 radical (unpaired) electrons. The van der Waals surface area contributed by atoms with Crippen molar-refractivity contribution in [2.75, 3.05) is 0 Å². The van der Waals surface area contributed by atoms with Crippen molar-refractivity contribution in [1.82, 2.24) is 9.97 Å². The summed E-state index contributed by atoms with van der Waals surface area (Å²) in [6.07, 6.45) is 3.84. The van der Waals surface area contributed by atoms with Crippen LogP contribution >= 0.6 is 22.7 Å². The zero-order valence-electron chi connectivity index (χ0n) is 46.7. The van der Waals surface area contributed by atoms with Gasteiger partial charge in [-0.1, -0.05) is 218 Å². The van der Waals surface area contributed by atoms with Gasteiger partial charge in [0.05, 0.1) is 11.4 Å². The van der Waals surface area contributed by atoms with Gasteiger partial charge in [-0.2, -0.15) is 0 Å². The van der Waals surface area contributed by atoms with E-state index in [1.807, 2.05) is 35.1 Å². The lowest BCUT2D eigenvalue weighted by molar-refractivity contribution is 1.25. The SMILES string of the molecule is c1ccc(-c2cc(-c3ccccc3)c3sc4c(-c5cccc(-c6ccnc(-c7cc(-c8cccc(-c9cc(-c%10ccccc%10)cc%10c9sc9c(-c%11ccccc%11)cc(-c%11ccccc%11)cc9%10)c8)ccn7)c6)c5)cc(-c5ccccc5)cc4c3c2)cc1. The van der Waals surface area contributed by atoms with Crippen molar-refractivity contribution in [3.63, 3.8) is 0 Å². The van der Waals surface area contributed by atoms with Crippen molar-refractivity contribution >= 4 is 63.0 Å². The molecule has 0 spiro atoms. The molecule has 0 fully saturated rings. The average Bonchev–Trinajstić information content (AvgIpc) is 2.55. The van der Waals surface area contributed by atoms with E-state index in [1.54, 1.807) is 0 Å². The van der Waals surface area contributed by atoms with E-state index < -0.39 is 0 Å². The highest BCUT2D eigenvalue weighted by molar-refractivity contribution is 7.27. The predicted octanol–water partition coefficient (Wildman–Crippen LogP) is 23.5. The van der Waals surface area contributed by atoms with Gasteiger partial charge in [-0.25, -0.2) is 0 Å². The van der Waals surface area contributed by atoms with Crippen LogP contribution in [-0.2, 0) is 0 Å². The highest BCUT2D eigenvalue weighted by Gasteiger charge is 2.21. The smallest absolute Gasteiger partial charge is 0.0892 e. The van der Waals surface area contributed by atoms with Crippen LogP contribution in [0.4, 0.5) is 0 Å². The fraction of sp³-hybridized carbons (Fsp3) is 0. The molecule has 2 nitrogen and oxygen atoms in total. The number of benzene rings is 12. The first-order valence-electron chi connectivity index (χ1n) is 29.2. The molecule has 0 saturated carbocycles. The van der Waals surface area contributed by atoms with Crippen molar-refractivity contribution in [3.05, 3.63) is 316 Å². The maximum atomic E-state index is 4.98. The first kappa shape index (κ1) is 51.1. The normalized spacial score (nSPS) is 11.5. The molecule has 12 aromatic carbocycles. The number of nitrogens with zero attached hydrogens (tertiary/aromatic N) is 2. The van der Waals surface area contributed by atoms with Crippen LogP contribution in [0.15, 0.2) is 316 Å². The zero-order chi connectivity index (χ0) is 56.9. The Labute approximate surface area is 508 Å². The molecule has 0 aliphatic rings. The number of fused-ring (bicyclic) bond motifs is 6. The van der Waals surface area contributed by atoms with Gasteiger partial charge in [0.2, 0.25) is 0 Å². The Kier molecular flexibility index (Phi) is 13.0. The van der Waals surface area contributed by atoms with Crippen LogP contribution in [0.3, 0.4) is 0 Å². The topological polar surface area (TPSA) is 25.8 Å². The molecule has 0 unspecified atom stereocenters. The number of aromatic nitrogens is 2. The third-order valence-electron chi connectivity index (χ3n) is 16.7. The summed E-state index contributed by atoms with van der Waals surface area (Å²) in [4.78, 5) is 9.95. The Hall–Kier alpha value is -10.6. The summed E-state index contributed by atoms with van der Waals surface area (Å²) >= 11 is 3.79. The monoisotopic (exact) mass is 1130 g/mol. The van der Waals surface area contributed by atoms with Crippen LogP contribution in [0.1, 0.15) is 0 Å². The molecule has 0 aliphatic carbocycles. The minimum Gasteiger partial charge on any atom is -0.255 e. The second kappa shape index (κ2) is 21.9. The molecular weight excluding hydrogens is 1080 g/mol. The maximum absolute atomic E-state index is 4.98. The average molecular weight is 1130 g/mol. The molecular formula is C82H52N2S2. The molecule has 4 aromatic heterocycles. The van der Waals surface area contributed by atoms with Gasteiger partial charge in [-0.3, -0.25) is 9.97 Å². The van der Waals surface area contributed by atoms with E-state index in [-0.39, 0.29) is 0 Å². The number of pyridine rings is 2. The summed E-state index contributed by atoms with van der Waals surface area (Å²) in [5.41, 5.74) is 25.3. The van der Waals surface area contributed by atoms with Crippen LogP contribution in [0.5, 0.6) is 0 Å². The zero-order valence-corrected chi connectivity index (χ0v) is 48.4. The minimum absolute atomic E-state index is 0.818. The number of thiophene rings is 2. The Morgan fingerprint density at radius 1 is 0.174 bits per heavy atom. The van der Waals surface area contributed by atoms with E-state index in [4.69, 9.17) is 9.97 Å². The quantitative estimate of drug-likeness (QED) is 0.129. The van der Waals surface area contributed by atoms with Crippen LogP contribution in [0, 0.1) is 0 Å². The predicted molar refractivity (Wildman–Crippen MR) is 368 cm³/mol. The summed E-state index contributed by atoms with van der Waals surface area (Å²) in [7, 11) is 0. The largest absolute Gasteiger partial charge is 0.255 e. The number of rotatable bonds is 11. The van der Waals surface area contributed by atoms with E-state index in [9.17, 15) is 0 Å². The summed E-state index contributed by atoms with van der Waals surface area (Å²) in [5, 5.41) is 5.05. The fourth-order valence-corrected chi connectivity index (χ4v) is 15.1. The Balaban J connectivity index is 0.786. The van der Waals surface area contributed by atoms with Gasteiger partial charge in [0.25, 0.3) is 0 Å². The summed E-state index contributed by atoms with van der Waals surface area (Å²) in [5.74, 6) is 0. The third-order valence-corrected chi connectivity index (χ3v) is 19.3. The molecule has 0 atom stereocenters. The van der Waals surface area contributed by atoms with Gasteiger partial charge in [0.1, 0.15) is 0 Å². The maximum Gasteiger partial charge on any atom is 0.0892 e. The number of hydrogen-bond acceptors (Lipinski definition) is 4. The van der Waals surface area contributed by atoms with E-state index in [1.165, 1.54) is 118 Å². The molecule has 86 heavy (non-hydrogen) atoms. The van der Waals surface area contributed by atoms with E-state index in [0.717, 1.165) is 44.8 Å². The highest BCUT2D eigenvalue weighted by atomic mass is 32.1. The van der Waals surface area contributed by atoms with Crippen molar-refractivity contribution < 1.29 is 0 Å². The van der Waals surface area contributed by atoms with Crippen LogP contribution < -0.4 is 0 Å². The van der Waals surface area contributed by atoms with Gasteiger partial charge in [-0.05, 0) is 174 Å². The van der Waals surface area contributed by atoms with E-state index in [2.05, 4.69) is 303 Å². The molecule has 4 heteroatoms. The second-order valence-electron chi connectivity index (χ2n) is 22.0. The van der Waals surface area contributed by atoms with Gasteiger partial charge in [-0.15, -0.1) is 22.7 Å². The van der Waals surface area contributed by atoms with Gasteiger partial charge in [0.15, 0.2) is 0 Å². The molecule has 402 valence electrons. The lowest BCUT2D eigenvalue weighted by Gasteiger charge is -2.12. The molecule has 0 N–H and O–H groups in total. The molecule has 0 bridgehead atoms. The lowest BCUT2D eigenvalue weighted by atomic mass is 9.92.